The number of likely N-dealkylation sites (tertiary alicyclic amines) is 1. The molecule has 26 heavy (non-hydrogen) atoms. The molecule has 3 aromatic rings. The Morgan fingerprint density at radius 2 is 1.85 bits per heavy atom. The summed E-state index contributed by atoms with van der Waals surface area (Å²) in [7, 11) is 0. The van der Waals surface area contributed by atoms with Gasteiger partial charge in [-0.15, -0.1) is 0 Å². The highest BCUT2D eigenvalue weighted by molar-refractivity contribution is 5.52. The van der Waals surface area contributed by atoms with E-state index >= 15 is 0 Å². The van der Waals surface area contributed by atoms with Crippen molar-refractivity contribution in [3.8, 4) is 11.5 Å². The molecule has 0 spiro atoms. The summed E-state index contributed by atoms with van der Waals surface area (Å²) < 4.78 is 18.6. The van der Waals surface area contributed by atoms with E-state index in [1.165, 1.54) is 17.7 Å². The Kier molecular flexibility index (Phi) is 4.82. The Morgan fingerprint density at radius 3 is 2.58 bits per heavy atom. The quantitative estimate of drug-likeness (QED) is 0.762. The number of hydrogen-bond donors (Lipinski definition) is 1. The largest absolute Gasteiger partial charge is 0.444 e. The molecule has 0 bridgehead atoms. The second-order valence-corrected chi connectivity index (χ2v) is 6.86. The first-order valence-electron chi connectivity index (χ1n) is 8.90. The zero-order valence-corrected chi connectivity index (χ0v) is 14.5. The third-order valence-electron chi connectivity index (χ3n) is 5.08. The smallest absolute Gasteiger partial charge is 0.226 e. The zero-order valence-electron chi connectivity index (χ0n) is 14.5. The summed E-state index contributed by atoms with van der Waals surface area (Å²) in [5.41, 5.74) is 9.02. The van der Waals surface area contributed by atoms with Crippen LogP contribution in [0.5, 0.6) is 0 Å². The maximum atomic E-state index is 13.1. The van der Waals surface area contributed by atoms with Gasteiger partial charge in [-0.3, -0.25) is 4.90 Å². The Bertz CT molecular complexity index is 847. The third-order valence-corrected chi connectivity index (χ3v) is 5.08. The van der Waals surface area contributed by atoms with E-state index in [-0.39, 0.29) is 5.82 Å². The van der Waals surface area contributed by atoms with Crippen molar-refractivity contribution in [3.63, 3.8) is 0 Å². The molecule has 2 atom stereocenters. The lowest BCUT2D eigenvalue weighted by Crippen LogP contribution is -2.23. The molecule has 2 aromatic carbocycles. The van der Waals surface area contributed by atoms with Gasteiger partial charge in [-0.25, -0.2) is 9.37 Å². The lowest BCUT2D eigenvalue weighted by molar-refractivity contribution is 0.312. The molecule has 4 nitrogen and oxygen atoms in total. The highest BCUT2D eigenvalue weighted by atomic mass is 19.1. The summed E-state index contributed by atoms with van der Waals surface area (Å²) in [6, 6.07) is 16.7. The summed E-state index contributed by atoms with van der Waals surface area (Å²) in [6.45, 7) is 3.32. The minimum Gasteiger partial charge on any atom is -0.444 e. The first kappa shape index (κ1) is 16.9. The predicted molar refractivity (Wildman–Crippen MR) is 98.9 cm³/mol. The van der Waals surface area contributed by atoms with Gasteiger partial charge in [0.2, 0.25) is 5.89 Å². The molecule has 0 unspecified atom stereocenters. The molecule has 0 amide bonds. The highest BCUT2D eigenvalue weighted by Crippen LogP contribution is 2.33. The molecule has 1 fully saturated rings. The lowest BCUT2D eigenvalue weighted by atomic mass is 9.89. The van der Waals surface area contributed by atoms with Crippen LogP contribution < -0.4 is 5.73 Å². The van der Waals surface area contributed by atoms with Crippen molar-refractivity contribution in [1.29, 1.82) is 0 Å². The van der Waals surface area contributed by atoms with E-state index in [0.29, 0.717) is 24.3 Å². The summed E-state index contributed by atoms with van der Waals surface area (Å²) in [5, 5.41) is 0. The monoisotopic (exact) mass is 351 g/mol. The van der Waals surface area contributed by atoms with Crippen LogP contribution >= 0.6 is 0 Å². The van der Waals surface area contributed by atoms with Crippen molar-refractivity contribution in [2.45, 2.75) is 12.5 Å². The number of aromatic nitrogens is 1. The van der Waals surface area contributed by atoms with Gasteiger partial charge in [-0.1, -0.05) is 30.3 Å². The average Bonchev–Trinajstić information content (AvgIpc) is 3.30. The van der Waals surface area contributed by atoms with E-state index in [4.69, 9.17) is 10.2 Å². The summed E-state index contributed by atoms with van der Waals surface area (Å²) >= 11 is 0. The maximum absolute atomic E-state index is 13.1. The van der Waals surface area contributed by atoms with Gasteiger partial charge in [0.25, 0.3) is 0 Å². The van der Waals surface area contributed by atoms with Gasteiger partial charge in [-0.05, 0) is 42.3 Å². The SMILES string of the molecule is NC[C@@H]1CN(Cc2coc(-c3ccc(F)cc3)n2)C[C@H]1c1ccccc1. The van der Waals surface area contributed by atoms with E-state index < -0.39 is 0 Å². The van der Waals surface area contributed by atoms with E-state index in [1.807, 2.05) is 6.07 Å². The topological polar surface area (TPSA) is 55.3 Å². The molecule has 0 radical (unpaired) electrons. The first-order valence-corrected chi connectivity index (χ1v) is 8.90. The number of nitrogens with zero attached hydrogens (tertiary/aromatic N) is 2. The normalized spacial score (nSPS) is 20.5. The van der Waals surface area contributed by atoms with Crippen LogP contribution in [0, 0.1) is 11.7 Å². The molecule has 0 aliphatic carbocycles. The van der Waals surface area contributed by atoms with Gasteiger partial charge in [-0.2, -0.15) is 0 Å². The molecule has 5 heteroatoms. The molecular formula is C21H22FN3O. The molecule has 1 aliphatic rings. The van der Waals surface area contributed by atoms with Crippen LogP contribution in [0.2, 0.25) is 0 Å². The van der Waals surface area contributed by atoms with E-state index in [1.54, 1.807) is 18.4 Å². The van der Waals surface area contributed by atoms with Gasteiger partial charge in [0.05, 0.1) is 5.69 Å². The van der Waals surface area contributed by atoms with E-state index in [0.717, 1.165) is 30.9 Å². The standard InChI is InChI=1S/C21H22FN3O/c22-18-8-6-16(7-9-18)21-24-19(14-26-21)12-25-11-17(10-23)20(13-25)15-4-2-1-3-5-15/h1-9,14,17,20H,10-13,23H2/t17-,20+/m1/s1. The molecule has 1 aliphatic heterocycles. The van der Waals surface area contributed by atoms with Crippen molar-refractivity contribution in [2.75, 3.05) is 19.6 Å². The van der Waals surface area contributed by atoms with E-state index in [2.05, 4.69) is 34.1 Å². The van der Waals surface area contributed by atoms with Gasteiger partial charge < -0.3 is 10.2 Å². The number of nitrogens with two attached hydrogens (primary N) is 1. The maximum Gasteiger partial charge on any atom is 0.226 e. The molecule has 2 N–H and O–H groups in total. The Labute approximate surface area is 152 Å². The Balaban J connectivity index is 1.46. The van der Waals surface area contributed by atoms with E-state index in [9.17, 15) is 4.39 Å². The van der Waals surface area contributed by atoms with Gasteiger partial charge in [0.15, 0.2) is 0 Å². The van der Waals surface area contributed by atoms with Crippen LogP contribution in [0.25, 0.3) is 11.5 Å². The molecule has 134 valence electrons. The molecule has 1 aromatic heterocycles. The first-order chi connectivity index (χ1) is 12.7. The molecular weight excluding hydrogens is 329 g/mol. The average molecular weight is 351 g/mol. The summed E-state index contributed by atoms with van der Waals surface area (Å²) in [6.07, 6.45) is 1.69. The van der Waals surface area contributed by atoms with Crippen molar-refractivity contribution < 1.29 is 8.81 Å². The number of oxazole rings is 1. The van der Waals surface area contributed by atoms with Crippen molar-refractivity contribution in [2.24, 2.45) is 11.7 Å². The van der Waals surface area contributed by atoms with Crippen LogP contribution in [-0.4, -0.2) is 29.5 Å². The van der Waals surface area contributed by atoms with Crippen LogP contribution in [0.3, 0.4) is 0 Å². The fourth-order valence-corrected chi connectivity index (χ4v) is 3.74. The second kappa shape index (κ2) is 7.40. The Hall–Kier alpha value is -2.50. The van der Waals surface area contributed by atoms with Crippen molar-refractivity contribution in [1.82, 2.24) is 9.88 Å². The number of halogens is 1. The van der Waals surface area contributed by atoms with Gasteiger partial charge in [0, 0.05) is 31.1 Å². The lowest BCUT2D eigenvalue weighted by Gasteiger charge is -2.16. The van der Waals surface area contributed by atoms with Gasteiger partial charge >= 0.3 is 0 Å². The molecule has 1 saturated heterocycles. The summed E-state index contributed by atoms with van der Waals surface area (Å²) in [4.78, 5) is 6.94. The van der Waals surface area contributed by atoms with Crippen molar-refractivity contribution in [3.05, 3.63) is 77.9 Å². The van der Waals surface area contributed by atoms with Crippen LogP contribution in [0.1, 0.15) is 17.2 Å². The number of hydrogen-bond acceptors (Lipinski definition) is 4. The predicted octanol–water partition coefficient (Wildman–Crippen LogP) is 3.66. The summed E-state index contributed by atoms with van der Waals surface area (Å²) in [5.74, 6) is 1.15. The fraction of sp³-hybridized carbons (Fsp3) is 0.286. The highest BCUT2D eigenvalue weighted by Gasteiger charge is 2.33. The van der Waals surface area contributed by atoms with Gasteiger partial charge in [0.1, 0.15) is 12.1 Å². The Morgan fingerprint density at radius 1 is 1.08 bits per heavy atom. The van der Waals surface area contributed by atoms with Crippen molar-refractivity contribution >= 4 is 0 Å². The second-order valence-electron chi connectivity index (χ2n) is 6.86. The third kappa shape index (κ3) is 3.54. The van der Waals surface area contributed by atoms with Crippen LogP contribution in [0.15, 0.2) is 65.3 Å². The van der Waals surface area contributed by atoms with Crippen LogP contribution in [0.4, 0.5) is 4.39 Å². The van der Waals surface area contributed by atoms with Crippen LogP contribution in [-0.2, 0) is 6.54 Å². The fourth-order valence-electron chi connectivity index (χ4n) is 3.74. The number of benzene rings is 2. The molecule has 0 saturated carbocycles. The minimum atomic E-state index is -0.266. The number of rotatable bonds is 5. The zero-order chi connectivity index (χ0) is 17.9. The molecule has 4 rings (SSSR count). The minimum absolute atomic E-state index is 0.266. The molecule has 2 heterocycles.